The Kier molecular flexibility index (Phi) is 9.32. The highest BCUT2D eigenvalue weighted by Gasteiger charge is 2.26. The van der Waals surface area contributed by atoms with Gasteiger partial charge >= 0.3 is 0 Å². The Balaban J connectivity index is 1.02. The maximum atomic E-state index is 5.91. The van der Waals surface area contributed by atoms with Gasteiger partial charge in [-0.05, 0) is 91.6 Å². The van der Waals surface area contributed by atoms with Crippen LogP contribution in [-0.4, -0.2) is 28.7 Å². The third-order valence-corrected chi connectivity index (χ3v) is 16.4. The Bertz CT molecular complexity index is 5360. The summed E-state index contributed by atoms with van der Waals surface area (Å²) in [6, 6.07) is 96.1. The van der Waals surface area contributed by atoms with Gasteiger partial charge in [0.15, 0.2) is 0 Å². The smallest absolute Gasteiger partial charge is 0.146 e. The van der Waals surface area contributed by atoms with E-state index in [-0.39, 0.29) is 0 Å². The van der Waals surface area contributed by atoms with Crippen LogP contribution in [0.2, 0.25) is 0 Å². The normalized spacial score (nSPS) is 12.1. The minimum Gasteiger partial charge on any atom is -0.292 e. The minimum absolute atomic E-state index is 0.866. The molecule has 0 atom stereocenters. The molecule has 3 heterocycles. The van der Waals surface area contributed by atoms with E-state index in [1.807, 2.05) is 0 Å². The lowest BCUT2D eigenvalue weighted by Gasteiger charge is -2.16. The van der Waals surface area contributed by atoms with Gasteiger partial charge < -0.3 is 0 Å². The number of para-hydroxylation sites is 3. The first-order valence-electron chi connectivity index (χ1n) is 26.9. The van der Waals surface area contributed by atoms with Crippen LogP contribution in [0.1, 0.15) is 0 Å². The van der Waals surface area contributed by atoms with Crippen LogP contribution in [0.4, 0.5) is 0 Å². The van der Waals surface area contributed by atoms with Gasteiger partial charge in [0, 0.05) is 66.1 Å². The average Bonchev–Trinajstić information content (AvgIpc) is 4.46. The third kappa shape index (κ3) is 6.37. The summed E-state index contributed by atoms with van der Waals surface area (Å²) in [6.07, 6.45) is 0. The number of hydrogen-bond donors (Lipinski definition) is 0. The lowest BCUT2D eigenvalue weighted by molar-refractivity contribution is 1.10. The molecule has 0 radical (unpaired) electrons. The number of benzene rings is 14. The third-order valence-electron chi connectivity index (χ3n) is 16.4. The van der Waals surface area contributed by atoms with Gasteiger partial charge in [0.05, 0.1) is 33.1 Å². The summed E-state index contributed by atoms with van der Waals surface area (Å²) in [5, 5.41) is 16.0. The molecule has 6 nitrogen and oxygen atoms in total. The van der Waals surface area contributed by atoms with Crippen LogP contribution < -0.4 is 0 Å². The van der Waals surface area contributed by atoms with E-state index in [1.54, 1.807) is 0 Å². The fraction of sp³-hybridized carbons (Fsp3) is 0. The van der Waals surface area contributed by atoms with E-state index in [4.69, 9.17) is 15.0 Å². The quantitative estimate of drug-likeness (QED) is 0.156. The molecule has 0 bridgehead atoms. The SMILES string of the molecule is c1ccc(-n2c(-c3ccc4c5ccc(-c6nc7c8ccccc8c8ccccc8c7n6-c6ccccc6)cc5c5c(nc(-c6cccc7ccccc67)n5-c5ccccc5)c4c3)nc3c4ccccc4c4ccccc4c32)cc1. The molecule has 0 unspecified atom stereocenters. The van der Waals surface area contributed by atoms with Crippen LogP contribution >= 0.6 is 0 Å². The predicted octanol–water partition coefficient (Wildman–Crippen LogP) is 18.8. The van der Waals surface area contributed by atoms with Crippen LogP contribution in [0.5, 0.6) is 0 Å². The molecular weight excluding hydrogens is 961 g/mol. The van der Waals surface area contributed by atoms with Crippen molar-refractivity contribution in [3.63, 3.8) is 0 Å². The summed E-state index contributed by atoms with van der Waals surface area (Å²) in [5.41, 5.74) is 12.2. The fourth-order valence-corrected chi connectivity index (χ4v) is 13.0. The molecule has 0 fully saturated rings. The first kappa shape index (κ1) is 43.5. The standard InChI is InChI=1S/C73H44N6/c1-4-23-48(24-5-1)77-68-60-36-18-14-32-54(60)52-30-12-16-34-58(52)65(68)74-71(77)46-39-41-56-57-42-40-47(72-75-66-59-35-17-13-31-53(59)55-33-15-19-37-61(55)69(66)78(72)49-25-6-2-7-26-49)44-64(57)70-67(63(56)43-46)76-73(79(70)50-27-8-3-9-28-50)62-38-20-22-45-21-10-11-29-51(45)62/h1-44H. The van der Waals surface area contributed by atoms with Crippen molar-refractivity contribution in [2.75, 3.05) is 0 Å². The largest absolute Gasteiger partial charge is 0.292 e. The van der Waals surface area contributed by atoms with Crippen LogP contribution in [0, 0.1) is 0 Å². The van der Waals surface area contributed by atoms with E-state index in [1.165, 1.54) is 21.5 Å². The number of hydrogen-bond acceptors (Lipinski definition) is 3. The molecule has 366 valence electrons. The summed E-state index contributed by atoms with van der Waals surface area (Å²) in [7, 11) is 0. The van der Waals surface area contributed by atoms with Crippen molar-refractivity contribution in [2.45, 2.75) is 0 Å². The second-order valence-corrected chi connectivity index (χ2v) is 20.6. The van der Waals surface area contributed by atoms with Gasteiger partial charge in [-0.25, -0.2) is 15.0 Å². The van der Waals surface area contributed by atoms with E-state index < -0.39 is 0 Å². The topological polar surface area (TPSA) is 53.5 Å². The van der Waals surface area contributed by atoms with Crippen molar-refractivity contribution in [2.24, 2.45) is 0 Å². The molecule has 17 rings (SSSR count). The molecule has 0 aliphatic carbocycles. The molecule has 0 spiro atoms. The van der Waals surface area contributed by atoms with Gasteiger partial charge in [-0.2, -0.15) is 0 Å². The molecule has 6 heteroatoms. The van der Waals surface area contributed by atoms with Crippen molar-refractivity contribution >= 4 is 109 Å². The summed E-state index contributed by atoms with van der Waals surface area (Å²) in [5.74, 6) is 2.60. The van der Waals surface area contributed by atoms with Crippen molar-refractivity contribution in [3.8, 4) is 51.2 Å². The zero-order valence-electron chi connectivity index (χ0n) is 42.6. The summed E-state index contributed by atoms with van der Waals surface area (Å²) in [4.78, 5) is 17.3. The molecule has 0 saturated carbocycles. The highest BCUT2D eigenvalue weighted by molar-refractivity contribution is 6.28. The van der Waals surface area contributed by atoms with E-state index in [9.17, 15) is 0 Å². The van der Waals surface area contributed by atoms with Crippen molar-refractivity contribution < 1.29 is 0 Å². The van der Waals surface area contributed by atoms with E-state index in [0.29, 0.717) is 0 Å². The molecule has 0 N–H and O–H groups in total. The van der Waals surface area contributed by atoms with E-state index >= 15 is 0 Å². The Hall–Kier alpha value is -10.7. The molecule has 0 aliphatic heterocycles. The predicted molar refractivity (Wildman–Crippen MR) is 329 cm³/mol. The Labute approximate surface area is 453 Å². The maximum absolute atomic E-state index is 5.91. The molecule has 0 aliphatic rings. The van der Waals surface area contributed by atoms with Gasteiger partial charge in [0.2, 0.25) is 0 Å². The highest BCUT2D eigenvalue weighted by Crippen LogP contribution is 2.46. The molecule has 0 amide bonds. The summed E-state index contributed by atoms with van der Waals surface area (Å²) >= 11 is 0. The van der Waals surface area contributed by atoms with Crippen molar-refractivity contribution in [1.29, 1.82) is 0 Å². The fourth-order valence-electron chi connectivity index (χ4n) is 13.0. The van der Waals surface area contributed by atoms with Gasteiger partial charge in [-0.3, -0.25) is 13.7 Å². The summed E-state index contributed by atoms with van der Waals surface area (Å²) < 4.78 is 7.14. The zero-order chi connectivity index (χ0) is 51.7. The first-order chi connectivity index (χ1) is 39.2. The molecule has 17 aromatic rings. The highest BCUT2D eigenvalue weighted by atomic mass is 15.1. The molecular formula is C73H44N6. The van der Waals surface area contributed by atoms with Gasteiger partial charge in [-0.15, -0.1) is 0 Å². The number of rotatable bonds is 6. The molecule has 0 saturated heterocycles. The van der Waals surface area contributed by atoms with Gasteiger partial charge in [0.1, 0.15) is 17.5 Å². The summed E-state index contributed by atoms with van der Waals surface area (Å²) in [6.45, 7) is 0. The van der Waals surface area contributed by atoms with E-state index in [0.717, 1.165) is 138 Å². The maximum Gasteiger partial charge on any atom is 0.146 e. The molecule has 79 heavy (non-hydrogen) atoms. The number of nitrogens with zero attached hydrogens (tertiary/aromatic N) is 6. The zero-order valence-corrected chi connectivity index (χ0v) is 42.6. The first-order valence-corrected chi connectivity index (χ1v) is 26.9. The minimum atomic E-state index is 0.866. The van der Waals surface area contributed by atoms with Gasteiger partial charge in [-0.1, -0.05) is 218 Å². The molecule has 3 aromatic heterocycles. The number of imidazole rings is 3. The average molecular weight is 1010 g/mol. The monoisotopic (exact) mass is 1000 g/mol. The van der Waals surface area contributed by atoms with Crippen molar-refractivity contribution in [1.82, 2.24) is 28.7 Å². The van der Waals surface area contributed by atoms with E-state index in [2.05, 4.69) is 281 Å². The van der Waals surface area contributed by atoms with Crippen LogP contribution in [0.15, 0.2) is 267 Å². The Morgan fingerprint density at radius 3 is 1.05 bits per heavy atom. The van der Waals surface area contributed by atoms with Crippen LogP contribution in [0.3, 0.4) is 0 Å². The van der Waals surface area contributed by atoms with Crippen LogP contribution in [0.25, 0.3) is 160 Å². The van der Waals surface area contributed by atoms with Crippen LogP contribution in [-0.2, 0) is 0 Å². The molecule has 14 aromatic carbocycles. The number of aromatic nitrogens is 6. The lowest BCUT2D eigenvalue weighted by atomic mass is 9.96. The Morgan fingerprint density at radius 2 is 0.544 bits per heavy atom. The van der Waals surface area contributed by atoms with Crippen molar-refractivity contribution in [3.05, 3.63) is 267 Å². The van der Waals surface area contributed by atoms with Gasteiger partial charge in [0.25, 0.3) is 0 Å². The number of fused-ring (bicyclic) bond motifs is 19. The second-order valence-electron chi connectivity index (χ2n) is 20.6. The second kappa shape index (κ2) is 16.9. The Morgan fingerprint density at radius 1 is 0.215 bits per heavy atom. The lowest BCUT2D eigenvalue weighted by Crippen LogP contribution is -2.00.